The normalized spacial score (nSPS) is 19.9. The average molecular weight is 262 g/mol. The van der Waals surface area contributed by atoms with Crippen LogP contribution < -0.4 is 0 Å². The molecule has 94 valence electrons. The molecule has 5 heteroatoms. The van der Waals surface area contributed by atoms with Gasteiger partial charge < -0.3 is 9.63 Å². The zero-order chi connectivity index (χ0) is 12.4. The van der Waals surface area contributed by atoms with E-state index in [1.807, 2.05) is 11.8 Å². The maximum Gasteiger partial charge on any atom is 0.257 e. The van der Waals surface area contributed by atoms with Crippen LogP contribution in [0.1, 0.15) is 30.3 Å². The second-order valence-electron chi connectivity index (χ2n) is 4.36. The summed E-state index contributed by atoms with van der Waals surface area (Å²) in [5, 5.41) is 13.7. The van der Waals surface area contributed by atoms with Gasteiger partial charge in [-0.2, -0.15) is 16.7 Å². The Bertz CT molecular complexity index is 518. The summed E-state index contributed by atoms with van der Waals surface area (Å²) in [5.74, 6) is 2.73. The van der Waals surface area contributed by atoms with Crippen molar-refractivity contribution < 1.29 is 9.63 Å². The molecule has 2 heterocycles. The highest BCUT2D eigenvalue weighted by molar-refractivity contribution is 7.99. The molecule has 0 radical (unpaired) electrons. The van der Waals surface area contributed by atoms with E-state index < -0.39 is 0 Å². The summed E-state index contributed by atoms with van der Waals surface area (Å²) in [6.45, 7) is 0. The molecule has 0 bridgehead atoms. The van der Waals surface area contributed by atoms with Gasteiger partial charge in [-0.25, -0.2) is 0 Å². The number of phenolic OH excluding ortho intramolecular Hbond substituents is 1. The molecule has 1 aliphatic heterocycles. The first-order valence-corrected chi connectivity index (χ1v) is 7.12. The summed E-state index contributed by atoms with van der Waals surface area (Å²) in [6, 6.07) is 6.80. The van der Waals surface area contributed by atoms with Crippen LogP contribution in [0.3, 0.4) is 0 Å². The van der Waals surface area contributed by atoms with Crippen molar-refractivity contribution in [2.24, 2.45) is 0 Å². The molecular weight excluding hydrogens is 248 g/mol. The Morgan fingerprint density at radius 3 is 2.78 bits per heavy atom. The summed E-state index contributed by atoms with van der Waals surface area (Å²) in [5.41, 5.74) is 0.840. The van der Waals surface area contributed by atoms with E-state index >= 15 is 0 Å². The summed E-state index contributed by atoms with van der Waals surface area (Å²) in [7, 11) is 0. The SMILES string of the molecule is Oc1ccc(-c2nc(C3CCCCS3)no2)cc1. The molecule has 1 N–H and O–H groups in total. The Labute approximate surface area is 109 Å². The molecule has 0 saturated carbocycles. The molecule has 0 amide bonds. The maximum absolute atomic E-state index is 9.24. The van der Waals surface area contributed by atoms with E-state index in [1.54, 1.807) is 24.3 Å². The lowest BCUT2D eigenvalue weighted by atomic mass is 10.2. The Balaban J connectivity index is 1.82. The number of aromatic hydroxyl groups is 1. The fourth-order valence-corrected chi connectivity index (χ4v) is 3.26. The molecule has 1 aromatic heterocycles. The minimum absolute atomic E-state index is 0.237. The van der Waals surface area contributed by atoms with Crippen LogP contribution in [0.25, 0.3) is 11.5 Å². The lowest BCUT2D eigenvalue weighted by molar-refractivity contribution is 0.420. The van der Waals surface area contributed by atoms with E-state index in [4.69, 9.17) is 4.52 Å². The molecule has 18 heavy (non-hydrogen) atoms. The van der Waals surface area contributed by atoms with E-state index in [2.05, 4.69) is 10.1 Å². The minimum atomic E-state index is 0.237. The first-order valence-electron chi connectivity index (χ1n) is 6.07. The van der Waals surface area contributed by atoms with Gasteiger partial charge in [-0.05, 0) is 42.9 Å². The largest absolute Gasteiger partial charge is 0.508 e. The second kappa shape index (κ2) is 5.02. The Morgan fingerprint density at radius 1 is 1.22 bits per heavy atom. The van der Waals surface area contributed by atoms with Gasteiger partial charge in [0.1, 0.15) is 5.75 Å². The van der Waals surface area contributed by atoms with Crippen LogP contribution in [0.5, 0.6) is 5.75 Å². The number of hydrogen-bond donors (Lipinski definition) is 1. The monoisotopic (exact) mass is 262 g/mol. The van der Waals surface area contributed by atoms with Crippen molar-refractivity contribution in [3.05, 3.63) is 30.1 Å². The summed E-state index contributed by atoms with van der Waals surface area (Å²) < 4.78 is 5.29. The van der Waals surface area contributed by atoms with Crippen molar-refractivity contribution in [1.29, 1.82) is 0 Å². The molecule has 0 spiro atoms. The molecule has 2 aromatic rings. The van der Waals surface area contributed by atoms with E-state index in [0.717, 1.165) is 17.8 Å². The zero-order valence-corrected chi connectivity index (χ0v) is 10.7. The fraction of sp³-hybridized carbons (Fsp3) is 0.385. The highest BCUT2D eigenvalue weighted by Crippen LogP contribution is 2.37. The highest BCUT2D eigenvalue weighted by Gasteiger charge is 2.21. The number of phenols is 1. The number of benzene rings is 1. The van der Waals surface area contributed by atoms with Crippen LogP contribution in [0.2, 0.25) is 0 Å². The fourth-order valence-electron chi connectivity index (χ4n) is 2.03. The predicted octanol–water partition coefficient (Wildman–Crippen LogP) is 3.40. The maximum atomic E-state index is 9.24. The van der Waals surface area contributed by atoms with Crippen LogP contribution in [-0.2, 0) is 0 Å². The van der Waals surface area contributed by atoms with Crippen molar-refractivity contribution in [2.45, 2.75) is 24.5 Å². The first-order chi connectivity index (χ1) is 8.83. The molecule has 0 aliphatic carbocycles. The Morgan fingerprint density at radius 2 is 2.06 bits per heavy atom. The first kappa shape index (κ1) is 11.6. The quantitative estimate of drug-likeness (QED) is 0.898. The second-order valence-corrected chi connectivity index (χ2v) is 5.67. The van der Waals surface area contributed by atoms with Crippen LogP contribution in [-0.4, -0.2) is 21.0 Å². The molecule has 1 atom stereocenters. The summed E-state index contributed by atoms with van der Waals surface area (Å²) in [4.78, 5) is 4.45. The van der Waals surface area contributed by atoms with E-state index in [1.165, 1.54) is 18.6 Å². The van der Waals surface area contributed by atoms with Crippen molar-refractivity contribution in [1.82, 2.24) is 10.1 Å². The third-order valence-corrected chi connectivity index (χ3v) is 4.40. The third kappa shape index (κ3) is 2.36. The Hall–Kier alpha value is -1.49. The molecule has 1 aliphatic rings. The highest BCUT2D eigenvalue weighted by atomic mass is 32.2. The van der Waals surface area contributed by atoms with Gasteiger partial charge in [0.25, 0.3) is 5.89 Å². The molecule has 1 aromatic carbocycles. The smallest absolute Gasteiger partial charge is 0.257 e. The summed E-state index contributed by atoms with van der Waals surface area (Å²) >= 11 is 1.90. The predicted molar refractivity (Wildman–Crippen MR) is 70.4 cm³/mol. The van der Waals surface area contributed by atoms with Gasteiger partial charge in [0, 0.05) is 5.56 Å². The zero-order valence-electron chi connectivity index (χ0n) is 9.87. The third-order valence-electron chi connectivity index (χ3n) is 3.02. The van der Waals surface area contributed by atoms with Gasteiger partial charge in [0.2, 0.25) is 0 Å². The molecule has 3 rings (SSSR count). The van der Waals surface area contributed by atoms with Gasteiger partial charge in [-0.3, -0.25) is 0 Å². The van der Waals surface area contributed by atoms with Crippen molar-refractivity contribution >= 4 is 11.8 Å². The van der Waals surface area contributed by atoms with Crippen LogP contribution in [0.15, 0.2) is 28.8 Å². The molecular formula is C13H14N2O2S. The molecule has 1 unspecified atom stereocenters. The van der Waals surface area contributed by atoms with Crippen LogP contribution in [0, 0.1) is 0 Å². The lowest BCUT2D eigenvalue weighted by Gasteiger charge is -2.17. The Kier molecular flexibility index (Phi) is 3.23. The van der Waals surface area contributed by atoms with Gasteiger partial charge >= 0.3 is 0 Å². The molecule has 4 nitrogen and oxygen atoms in total. The van der Waals surface area contributed by atoms with Crippen LogP contribution >= 0.6 is 11.8 Å². The van der Waals surface area contributed by atoms with Crippen molar-refractivity contribution in [3.63, 3.8) is 0 Å². The number of thioether (sulfide) groups is 1. The minimum Gasteiger partial charge on any atom is -0.508 e. The molecule has 1 saturated heterocycles. The molecule has 1 fully saturated rings. The van der Waals surface area contributed by atoms with E-state index in [-0.39, 0.29) is 5.75 Å². The van der Waals surface area contributed by atoms with Crippen molar-refractivity contribution in [2.75, 3.05) is 5.75 Å². The van der Waals surface area contributed by atoms with Crippen molar-refractivity contribution in [3.8, 4) is 17.2 Å². The van der Waals surface area contributed by atoms with E-state index in [0.29, 0.717) is 11.1 Å². The van der Waals surface area contributed by atoms with Gasteiger partial charge in [-0.1, -0.05) is 11.6 Å². The average Bonchev–Trinajstić information content (AvgIpc) is 2.90. The van der Waals surface area contributed by atoms with Gasteiger partial charge in [-0.15, -0.1) is 0 Å². The standard InChI is InChI=1S/C13H14N2O2S/c16-10-6-4-9(5-7-10)13-14-12(15-17-13)11-3-1-2-8-18-11/h4-7,11,16H,1-3,8H2. The van der Waals surface area contributed by atoms with Gasteiger partial charge in [0.15, 0.2) is 5.82 Å². The number of hydrogen-bond acceptors (Lipinski definition) is 5. The summed E-state index contributed by atoms with van der Waals surface area (Å²) in [6.07, 6.45) is 3.64. The number of aromatic nitrogens is 2. The van der Waals surface area contributed by atoms with Crippen LogP contribution in [0.4, 0.5) is 0 Å². The number of rotatable bonds is 2. The van der Waals surface area contributed by atoms with E-state index in [9.17, 15) is 5.11 Å². The topological polar surface area (TPSA) is 59.2 Å². The number of nitrogens with zero attached hydrogens (tertiary/aromatic N) is 2. The van der Waals surface area contributed by atoms with Gasteiger partial charge in [0.05, 0.1) is 5.25 Å². The lowest BCUT2D eigenvalue weighted by Crippen LogP contribution is -2.03.